The number of hydrogen-bond donors (Lipinski definition) is 0. The molecule has 0 N–H and O–H groups in total. The van der Waals surface area contributed by atoms with E-state index in [0.29, 0.717) is 19.3 Å². The maximum Gasteiger partial charge on any atom is 0.306 e. The molecule has 0 aromatic heterocycles. The van der Waals surface area contributed by atoms with Crippen molar-refractivity contribution in [2.45, 2.75) is 215 Å². The summed E-state index contributed by atoms with van der Waals surface area (Å²) >= 11 is 0. The molecular formula is C41H78O6. The summed E-state index contributed by atoms with van der Waals surface area (Å²) < 4.78 is 16.6. The van der Waals surface area contributed by atoms with Gasteiger partial charge in [-0.1, -0.05) is 170 Å². The molecule has 0 bridgehead atoms. The van der Waals surface area contributed by atoms with E-state index in [9.17, 15) is 14.4 Å². The summed E-state index contributed by atoms with van der Waals surface area (Å²) in [5.41, 5.74) is 0. The standard InChI is InChI=1S/C41H78O6/c1-7-36(5)28-22-16-10-13-19-25-31-40(43)46-34-38(33-45-39(42)30-24-18-12-9-15-21-27-35(3)4)47-41(44)32-26-20-14-11-17-23-29-37(6)8-2/h35-38H,7-34H2,1-6H3/t36?,37?,38-/m1/s1. The fraction of sp³-hybridized carbons (Fsp3) is 0.927. The molecule has 0 saturated carbocycles. The molecule has 0 radical (unpaired) electrons. The van der Waals surface area contributed by atoms with E-state index in [4.69, 9.17) is 14.2 Å². The molecule has 0 aliphatic carbocycles. The van der Waals surface area contributed by atoms with Gasteiger partial charge in [0.2, 0.25) is 0 Å². The first-order valence-corrected chi connectivity index (χ1v) is 20.2. The van der Waals surface area contributed by atoms with Crippen LogP contribution in [0.3, 0.4) is 0 Å². The molecule has 0 aromatic rings. The molecule has 6 heteroatoms. The molecule has 0 rings (SSSR count). The van der Waals surface area contributed by atoms with Crippen LogP contribution in [0.4, 0.5) is 0 Å². The molecule has 0 aliphatic rings. The number of hydrogen-bond acceptors (Lipinski definition) is 6. The Labute approximate surface area is 291 Å². The van der Waals surface area contributed by atoms with E-state index < -0.39 is 6.10 Å². The number of esters is 3. The lowest BCUT2D eigenvalue weighted by Gasteiger charge is -2.18. The zero-order chi connectivity index (χ0) is 35.0. The minimum absolute atomic E-state index is 0.0694. The van der Waals surface area contributed by atoms with Gasteiger partial charge in [-0.2, -0.15) is 0 Å². The lowest BCUT2D eigenvalue weighted by Crippen LogP contribution is -2.30. The second-order valence-corrected chi connectivity index (χ2v) is 14.9. The van der Waals surface area contributed by atoms with Crippen molar-refractivity contribution < 1.29 is 28.6 Å². The van der Waals surface area contributed by atoms with Gasteiger partial charge in [0.15, 0.2) is 6.10 Å². The highest BCUT2D eigenvalue weighted by Gasteiger charge is 2.19. The summed E-state index contributed by atoms with van der Waals surface area (Å²) in [5.74, 6) is 1.51. The van der Waals surface area contributed by atoms with Gasteiger partial charge < -0.3 is 14.2 Å². The zero-order valence-corrected chi connectivity index (χ0v) is 32.1. The van der Waals surface area contributed by atoms with Crippen molar-refractivity contribution in [2.75, 3.05) is 13.2 Å². The second kappa shape index (κ2) is 32.9. The van der Waals surface area contributed by atoms with Gasteiger partial charge in [-0.3, -0.25) is 14.4 Å². The number of rotatable bonds is 34. The first kappa shape index (κ1) is 45.4. The maximum absolute atomic E-state index is 12.6. The van der Waals surface area contributed by atoms with Gasteiger partial charge >= 0.3 is 17.9 Å². The molecule has 3 atom stereocenters. The Balaban J connectivity index is 4.40. The number of carbonyl (C=O) groups is 3. The summed E-state index contributed by atoms with van der Waals surface area (Å²) in [6, 6.07) is 0. The molecule has 47 heavy (non-hydrogen) atoms. The minimum atomic E-state index is -0.762. The Kier molecular flexibility index (Phi) is 31.8. The molecule has 0 amide bonds. The van der Waals surface area contributed by atoms with Gasteiger partial charge in [-0.15, -0.1) is 0 Å². The number of ether oxygens (including phenoxy) is 3. The van der Waals surface area contributed by atoms with E-state index in [1.807, 2.05) is 0 Å². The smallest absolute Gasteiger partial charge is 0.306 e. The van der Waals surface area contributed by atoms with Crippen LogP contribution in [-0.4, -0.2) is 37.2 Å². The van der Waals surface area contributed by atoms with E-state index in [0.717, 1.165) is 75.5 Å². The molecule has 278 valence electrons. The molecule has 0 aliphatic heterocycles. The average molecular weight is 667 g/mol. The summed E-state index contributed by atoms with van der Waals surface area (Å²) in [6.45, 7) is 13.5. The van der Waals surface area contributed by atoms with Crippen LogP contribution in [0.5, 0.6) is 0 Å². The lowest BCUT2D eigenvalue weighted by molar-refractivity contribution is -0.167. The van der Waals surface area contributed by atoms with Gasteiger partial charge in [0.25, 0.3) is 0 Å². The Hall–Kier alpha value is -1.59. The summed E-state index contributed by atoms with van der Waals surface area (Å²) in [4.78, 5) is 37.4. The summed E-state index contributed by atoms with van der Waals surface area (Å²) in [6.07, 6.45) is 26.8. The Morgan fingerprint density at radius 1 is 0.426 bits per heavy atom. The van der Waals surface area contributed by atoms with Crippen LogP contribution in [0, 0.1) is 17.8 Å². The van der Waals surface area contributed by atoms with Gasteiger partial charge in [-0.25, -0.2) is 0 Å². The molecule has 0 fully saturated rings. The molecule has 0 aromatic carbocycles. The van der Waals surface area contributed by atoms with Crippen molar-refractivity contribution in [3.63, 3.8) is 0 Å². The highest BCUT2D eigenvalue weighted by Crippen LogP contribution is 2.17. The largest absolute Gasteiger partial charge is 0.462 e. The lowest BCUT2D eigenvalue weighted by atomic mass is 10.00. The van der Waals surface area contributed by atoms with Crippen molar-refractivity contribution in [1.29, 1.82) is 0 Å². The maximum atomic E-state index is 12.6. The van der Waals surface area contributed by atoms with Crippen LogP contribution >= 0.6 is 0 Å². The van der Waals surface area contributed by atoms with Crippen molar-refractivity contribution in [2.24, 2.45) is 17.8 Å². The third kappa shape index (κ3) is 32.7. The quantitative estimate of drug-likeness (QED) is 0.0386. The molecule has 0 saturated heterocycles. The SMILES string of the molecule is CCC(C)CCCCCCCCC(=O)OC[C@@H](COC(=O)CCCCCCCCC(C)C)OC(=O)CCCCCCCCC(C)CC. The van der Waals surface area contributed by atoms with Crippen molar-refractivity contribution in [3.8, 4) is 0 Å². The Bertz CT molecular complexity index is 735. The average Bonchev–Trinajstić information content (AvgIpc) is 3.05. The molecular weight excluding hydrogens is 588 g/mol. The normalized spacial score (nSPS) is 13.3. The summed E-state index contributed by atoms with van der Waals surface area (Å²) in [7, 11) is 0. The highest BCUT2D eigenvalue weighted by molar-refractivity contribution is 5.71. The van der Waals surface area contributed by atoms with Crippen molar-refractivity contribution in [3.05, 3.63) is 0 Å². The van der Waals surface area contributed by atoms with Crippen LogP contribution in [0.25, 0.3) is 0 Å². The number of unbranched alkanes of at least 4 members (excludes halogenated alkanes) is 15. The first-order chi connectivity index (χ1) is 22.7. The minimum Gasteiger partial charge on any atom is -0.462 e. The van der Waals surface area contributed by atoms with Gasteiger partial charge in [0.1, 0.15) is 13.2 Å². The molecule has 2 unspecified atom stereocenters. The predicted octanol–water partition coefficient (Wildman–Crippen LogP) is 12.1. The fourth-order valence-electron chi connectivity index (χ4n) is 5.75. The van der Waals surface area contributed by atoms with E-state index in [2.05, 4.69) is 41.5 Å². The van der Waals surface area contributed by atoms with Crippen LogP contribution in [-0.2, 0) is 28.6 Å². The van der Waals surface area contributed by atoms with E-state index in [-0.39, 0.29) is 31.1 Å². The van der Waals surface area contributed by atoms with Crippen LogP contribution in [0.15, 0.2) is 0 Å². The van der Waals surface area contributed by atoms with Crippen molar-refractivity contribution >= 4 is 17.9 Å². The van der Waals surface area contributed by atoms with Gasteiger partial charge in [-0.05, 0) is 37.0 Å². The number of carbonyl (C=O) groups excluding carboxylic acids is 3. The molecule has 0 heterocycles. The van der Waals surface area contributed by atoms with Gasteiger partial charge in [0.05, 0.1) is 0 Å². The highest BCUT2D eigenvalue weighted by atomic mass is 16.6. The Morgan fingerprint density at radius 3 is 1.11 bits per heavy atom. The van der Waals surface area contributed by atoms with E-state index >= 15 is 0 Å². The monoisotopic (exact) mass is 667 g/mol. The van der Waals surface area contributed by atoms with Crippen LogP contribution in [0.1, 0.15) is 208 Å². The third-order valence-electron chi connectivity index (χ3n) is 9.62. The van der Waals surface area contributed by atoms with E-state index in [1.165, 1.54) is 89.9 Å². The first-order valence-electron chi connectivity index (χ1n) is 20.2. The second-order valence-electron chi connectivity index (χ2n) is 14.9. The van der Waals surface area contributed by atoms with Crippen molar-refractivity contribution in [1.82, 2.24) is 0 Å². The topological polar surface area (TPSA) is 78.9 Å². The fourth-order valence-corrected chi connectivity index (χ4v) is 5.75. The van der Waals surface area contributed by atoms with Crippen LogP contribution in [0.2, 0.25) is 0 Å². The summed E-state index contributed by atoms with van der Waals surface area (Å²) in [5, 5.41) is 0. The molecule has 6 nitrogen and oxygen atoms in total. The zero-order valence-electron chi connectivity index (χ0n) is 32.1. The third-order valence-corrected chi connectivity index (χ3v) is 9.62. The van der Waals surface area contributed by atoms with E-state index in [1.54, 1.807) is 0 Å². The van der Waals surface area contributed by atoms with Gasteiger partial charge in [0, 0.05) is 19.3 Å². The Morgan fingerprint density at radius 2 is 0.745 bits per heavy atom. The molecule has 0 spiro atoms. The van der Waals surface area contributed by atoms with Crippen LogP contribution < -0.4 is 0 Å². The predicted molar refractivity (Wildman–Crippen MR) is 196 cm³/mol.